The van der Waals surface area contributed by atoms with E-state index in [1.54, 1.807) is 18.2 Å². The molecule has 0 heterocycles. The number of carboxylic acids is 1. The monoisotopic (exact) mass is 311 g/mol. The van der Waals surface area contributed by atoms with Crippen molar-refractivity contribution < 1.29 is 23.5 Å². The smallest absolute Gasteiger partial charge is 0.376 e. The van der Waals surface area contributed by atoms with Gasteiger partial charge in [-0.3, -0.25) is 4.79 Å². The van der Waals surface area contributed by atoms with Crippen molar-refractivity contribution in [2.45, 2.75) is 44.1 Å². The van der Waals surface area contributed by atoms with Crippen molar-refractivity contribution in [3.05, 3.63) is 35.9 Å². The van der Waals surface area contributed by atoms with Crippen LogP contribution >= 0.6 is 0 Å². The molecule has 6 heteroatoms. The third kappa shape index (κ3) is 3.61. The van der Waals surface area contributed by atoms with Gasteiger partial charge in [0.2, 0.25) is 0 Å². The molecule has 0 aliphatic heterocycles. The highest BCUT2D eigenvalue weighted by atomic mass is 19.3. The van der Waals surface area contributed by atoms with Gasteiger partial charge in [-0.2, -0.15) is 8.78 Å². The van der Waals surface area contributed by atoms with Crippen molar-refractivity contribution in [3.63, 3.8) is 0 Å². The van der Waals surface area contributed by atoms with E-state index in [1.807, 2.05) is 0 Å². The Kier molecular flexibility index (Phi) is 5.11. The summed E-state index contributed by atoms with van der Waals surface area (Å²) >= 11 is 0. The van der Waals surface area contributed by atoms with Crippen LogP contribution in [0, 0.1) is 5.92 Å². The summed E-state index contributed by atoms with van der Waals surface area (Å²) in [7, 11) is 0. The first kappa shape index (κ1) is 16.4. The summed E-state index contributed by atoms with van der Waals surface area (Å²) in [6.45, 7) is 0. The second-order valence-corrected chi connectivity index (χ2v) is 5.64. The molecule has 1 aromatic rings. The van der Waals surface area contributed by atoms with Crippen molar-refractivity contribution in [3.8, 4) is 0 Å². The summed E-state index contributed by atoms with van der Waals surface area (Å²) in [6, 6.07) is 6.29. The number of rotatable bonds is 5. The first-order valence-corrected chi connectivity index (χ1v) is 7.40. The average molecular weight is 311 g/mol. The fourth-order valence-corrected chi connectivity index (χ4v) is 2.92. The van der Waals surface area contributed by atoms with E-state index >= 15 is 0 Å². The Morgan fingerprint density at radius 2 is 1.73 bits per heavy atom. The van der Waals surface area contributed by atoms with Gasteiger partial charge in [0.25, 0.3) is 5.91 Å². The van der Waals surface area contributed by atoms with E-state index in [4.69, 9.17) is 5.11 Å². The normalized spacial score (nSPS) is 17.7. The number of benzene rings is 1. The van der Waals surface area contributed by atoms with Gasteiger partial charge in [-0.25, -0.2) is 4.79 Å². The molecule has 2 N–H and O–H groups in total. The topological polar surface area (TPSA) is 66.4 Å². The van der Waals surface area contributed by atoms with E-state index in [2.05, 4.69) is 5.32 Å². The van der Waals surface area contributed by atoms with E-state index < -0.39 is 29.8 Å². The van der Waals surface area contributed by atoms with Gasteiger partial charge in [0.05, 0.1) is 0 Å². The lowest BCUT2D eigenvalue weighted by Gasteiger charge is -2.34. The zero-order chi connectivity index (χ0) is 16.2. The molecule has 1 aliphatic carbocycles. The number of aliphatic carboxylic acids is 1. The maximum absolute atomic E-state index is 14.1. The summed E-state index contributed by atoms with van der Waals surface area (Å²) < 4.78 is 28.1. The first-order chi connectivity index (χ1) is 10.4. The minimum atomic E-state index is -3.98. The lowest BCUT2D eigenvalue weighted by atomic mass is 9.81. The zero-order valence-electron chi connectivity index (χ0n) is 12.1. The van der Waals surface area contributed by atoms with E-state index in [0.717, 1.165) is 19.3 Å². The van der Waals surface area contributed by atoms with Gasteiger partial charge < -0.3 is 10.4 Å². The summed E-state index contributed by atoms with van der Waals surface area (Å²) in [4.78, 5) is 23.1. The molecule has 120 valence electrons. The molecular weight excluding hydrogens is 292 g/mol. The van der Waals surface area contributed by atoms with Crippen LogP contribution in [0.15, 0.2) is 30.3 Å². The molecule has 0 bridgehead atoms. The number of hydrogen-bond acceptors (Lipinski definition) is 2. The van der Waals surface area contributed by atoms with Crippen LogP contribution < -0.4 is 5.32 Å². The van der Waals surface area contributed by atoms with Crippen LogP contribution in [0.25, 0.3) is 0 Å². The molecule has 0 aromatic heterocycles. The highest BCUT2D eigenvalue weighted by molar-refractivity contribution is 5.94. The molecule has 1 fully saturated rings. The summed E-state index contributed by atoms with van der Waals surface area (Å²) in [5, 5.41) is 11.1. The van der Waals surface area contributed by atoms with E-state index in [-0.39, 0.29) is 5.56 Å². The summed E-state index contributed by atoms with van der Waals surface area (Å²) in [5.41, 5.74) is 0.240. The number of halogens is 2. The van der Waals surface area contributed by atoms with Gasteiger partial charge in [0.1, 0.15) is 6.04 Å². The predicted octanol–water partition coefficient (Wildman–Crippen LogP) is 3.09. The van der Waals surface area contributed by atoms with Crippen molar-refractivity contribution in [2.75, 3.05) is 0 Å². The van der Waals surface area contributed by atoms with E-state index in [0.29, 0.717) is 12.8 Å². The number of hydrogen-bond donors (Lipinski definition) is 2. The van der Waals surface area contributed by atoms with Crippen LogP contribution in [0.5, 0.6) is 0 Å². The van der Waals surface area contributed by atoms with E-state index in [9.17, 15) is 18.4 Å². The number of carbonyl (C=O) groups is 2. The molecule has 0 saturated heterocycles. The molecular formula is C16H19F2NO3. The molecule has 1 aromatic carbocycles. The molecule has 1 amide bonds. The molecule has 2 rings (SSSR count). The molecule has 1 atom stereocenters. The van der Waals surface area contributed by atoms with Gasteiger partial charge in [-0.15, -0.1) is 0 Å². The lowest BCUT2D eigenvalue weighted by Crippen LogP contribution is -2.56. The first-order valence-electron chi connectivity index (χ1n) is 7.40. The summed E-state index contributed by atoms with van der Waals surface area (Å²) in [5.74, 6) is -7.37. The van der Waals surface area contributed by atoms with Crippen LogP contribution in [0.3, 0.4) is 0 Å². The fourth-order valence-electron chi connectivity index (χ4n) is 2.92. The van der Waals surface area contributed by atoms with Crippen molar-refractivity contribution in [1.82, 2.24) is 5.32 Å². The highest BCUT2D eigenvalue weighted by Crippen LogP contribution is 2.34. The van der Waals surface area contributed by atoms with Crippen LogP contribution in [-0.2, 0) is 4.79 Å². The zero-order valence-corrected chi connectivity index (χ0v) is 12.1. The third-order valence-corrected chi connectivity index (χ3v) is 4.12. The fraction of sp³-hybridized carbons (Fsp3) is 0.500. The Hall–Kier alpha value is -1.98. The lowest BCUT2D eigenvalue weighted by molar-refractivity contribution is -0.171. The number of nitrogens with one attached hydrogen (secondary N) is 1. The highest BCUT2D eigenvalue weighted by Gasteiger charge is 2.51. The second kappa shape index (κ2) is 6.85. The van der Waals surface area contributed by atoms with Gasteiger partial charge >= 0.3 is 11.9 Å². The number of carbonyl (C=O) groups excluding carboxylic acids is 1. The Balaban J connectivity index is 2.20. The Bertz CT molecular complexity index is 527. The Morgan fingerprint density at radius 3 is 2.27 bits per heavy atom. The van der Waals surface area contributed by atoms with Crippen LogP contribution in [0.1, 0.15) is 42.5 Å². The van der Waals surface area contributed by atoms with Gasteiger partial charge in [0, 0.05) is 5.56 Å². The van der Waals surface area contributed by atoms with Gasteiger partial charge in [-0.1, -0.05) is 37.5 Å². The summed E-state index contributed by atoms with van der Waals surface area (Å²) in [6.07, 6.45) is 3.51. The molecule has 22 heavy (non-hydrogen) atoms. The molecule has 1 unspecified atom stereocenters. The average Bonchev–Trinajstić information content (AvgIpc) is 2.53. The standard InChI is InChI=1S/C16H19F2NO3/c17-16(18,15(21)22)13(11-7-3-1-4-8-11)19-14(20)12-9-5-2-6-10-12/h2,5-6,9-11,13H,1,3-4,7-8H2,(H,19,20)(H,21,22). The molecule has 1 aliphatic rings. The van der Waals surface area contributed by atoms with Crippen molar-refractivity contribution in [2.24, 2.45) is 5.92 Å². The minimum absolute atomic E-state index is 0.240. The van der Waals surface area contributed by atoms with Gasteiger partial charge in [0.15, 0.2) is 0 Å². The molecule has 0 radical (unpaired) electrons. The third-order valence-electron chi connectivity index (χ3n) is 4.12. The number of amides is 1. The van der Waals surface area contributed by atoms with Crippen molar-refractivity contribution >= 4 is 11.9 Å². The van der Waals surface area contributed by atoms with Crippen LogP contribution in [0.4, 0.5) is 8.78 Å². The maximum atomic E-state index is 14.1. The maximum Gasteiger partial charge on any atom is 0.376 e. The number of alkyl halides is 2. The molecule has 0 spiro atoms. The minimum Gasteiger partial charge on any atom is -0.477 e. The van der Waals surface area contributed by atoms with Crippen LogP contribution in [-0.4, -0.2) is 28.9 Å². The SMILES string of the molecule is O=C(NC(C1CCCCC1)C(F)(F)C(=O)O)c1ccccc1. The van der Waals surface area contributed by atoms with Crippen LogP contribution in [0.2, 0.25) is 0 Å². The van der Waals surface area contributed by atoms with Gasteiger partial charge in [-0.05, 0) is 30.9 Å². The number of carboxylic acid groups (broad SMARTS) is 1. The Labute approximate surface area is 127 Å². The second-order valence-electron chi connectivity index (χ2n) is 5.64. The molecule has 4 nitrogen and oxygen atoms in total. The molecule has 1 saturated carbocycles. The largest absolute Gasteiger partial charge is 0.477 e. The van der Waals surface area contributed by atoms with Crippen molar-refractivity contribution in [1.29, 1.82) is 0 Å². The Morgan fingerprint density at radius 1 is 1.14 bits per heavy atom. The predicted molar refractivity (Wildman–Crippen MR) is 76.9 cm³/mol. The van der Waals surface area contributed by atoms with E-state index in [1.165, 1.54) is 12.1 Å². The quantitative estimate of drug-likeness (QED) is 0.878.